The molecule has 0 fully saturated rings. The van der Waals surface area contributed by atoms with Crippen molar-refractivity contribution in [2.75, 3.05) is 12.0 Å². The van der Waals surface area contributed by atoms with Gasteiger partial charge in [0.2, 0.25) is 0 Å². The minimum Gasteiger partial charge on any atom is -0.477 e. The van der Waals surface area contributed by atoms with Crippen molar-refractivity contribution < 1.29 is 27.1 Å². The fraction of sp³-hybridized carbons (Fsp3) is 0.250. The Bertz CT molecular complexity index is 606. The van der Waals surface area contributed by atoms with E-state index in [1.54, 1.807) is 0 Å². The van der Waals surface area contributed by atoms with Crippen molar-refractivity contribution in [2.45, 2.75) is 5.92 Å². The number of benzene rings is 1. The third-order valence-corrected chi connectivity index (χ3v) is 3.03. The molecule has 0 amide bonds. The lowest BCUT2D eigenvalue weighted by Gasteiger charge is -2.11. The number of sulfone groups is 1. The van der Waals surface area contributed by atoms with Gasteiger partial charge in [-0.15, -0.1) is 0 Å². The number of aliphatic carboxylic acids is 1. The second-order valence-electron chi connectivity index (χ2n) is 4.00. The highest BCUT2D eigenvalue weighted by atomic mass is 32.2. The SMILES string of the molecule is CS(=O)(=O)CC=Cc1cccc(C(F)(F)C(=O)O)c1. The van der Waals surface area contributed by atoms with E-state index >= 15 is 0 Å². The molecule has 1 N–H and O–H groups in total. The van der Waals surface area contributed by atoms with Crippen LogP contribution in [0.4, 0.5) is 8.78 Å². The first-order chi connectivity index (χ1) is 8.63. The quantitative estimate of drug-likeness (QED) is 0.899. The molecule has 0 heterocycles. The van der Waals surface area contributed by atoms with Crippen LogP contribution in [0.5, 0.6) is 0 Å². The normalized spacial score (nSPS) is 12.8. The second kappa shape index (κ2) is 5.48. The first-order valence-electron chi connectivity index (χ1n) is 5.19. The largest absolute Gasteiger partial charge is 0.477 e. The second-order valence-corrected chi connectivity index (χ2v) is 6.18. The van der Waals surface area contributed by atoms with E-state index in [9.17, 15) is 22.0 Å². The summed E-state index contributed by atoms with van der Waals surface area (Å²) in [4.78, 5) is 10.4. The molecule has 0 aliphatic carbocycles. The van der Waals surface area contributed by atoms with Gasteiger partial charge in [-0.1, -0.05) is 30.4 Å². The summed E-state index contributed by atoms with van der Waals surface area (Å²) in [7, 11) is -3.18. The van der Waals surface area contributed by atoms with Crippen LogP contribution in [0.3, 0.4) is 0 Å². The van der Waals surface area contributed by atoms with Gasteiger partial charge >= 0.3 is 11.9 Å². The summed E-state index contributed by atoms with van der Waals surface area (Å²) in [6.07, 6.45) is 3.71. The summed E-state index contributed by atoms with van der Waals surface area (Å²) >= 11 is 0. The van der Waals surface area contributed by atoms with Crippen molar-refractivity contribution in [3.63, 3.8) is 0 Å². The van der Waals surface area contributed by atoms with Crippen molar-refractivity contribution in [1.82, 2.24) is 0 Å². The van der Waals surface area contributed by atoms with E-state index < -0.39 is 27.3 Å². The van der Waals surface area contributed by atoms with Crippen LogP contribution >= 0.6 is 0 Å². The number of halogens is 2. The summed E-state index contributed by atoms with van der Waals surface area (Å²) in [5.41, 5.74) is -0.344. The molecule has 0 aromatic heterocycles. The van der Waals surface area contributed by atoms with Crippen LogP contribution in [0.25, 0.3) is 6.08 Å². The monoisotopic (exact) mass is 290 g/mol. The predicted molar refractivity (Wildman–Crippen MR) is 66.7 cm³/mol. The Morgan fingerprint density at radius 1 is 1.42 bits per heavy atom. The minimum atomic E-state index is -3.97. The molecule has 0 saturated carbocycles. The van der Waals surface area contributed by atoms with Gasteiger partial charge in [-0.2, -0.15) is 8.78 Å². The summed E-state index contributed by atoms with van der Waals surface area (Å²) in [6, 6.07) is 4.77. The van der Waals surface area contributed by atoms with Crippen molar-refractivity contribution in [1.29, 1.82) is 0 Å². The highest BCUT2D eigenvalue weighted by Crippen LogP contribution is 2.28. The Kier molecular flexibility index (Phi) is 4.41. The average molecular weight is 290 g/mol. The van der Waals surface area contributed by atoms with Crippen LogP contribution < -0.4 is 0 Å². The first kappa shape index (κ1) is 15.3. The number of rotatable bonds is 5. The number of carbonyl (C=O) groups is 1. The molecular weight excluding hydrogens is 278 g/mol. The third kappa shape index (κ3) is 4.44. The molecule has 0 unspecified atom stereocenters. The molecule has 0 aliphatic heterocycles. The fourth-order valence-electron chi connectivity index (χ4n) is 1.32. The van der Waals surface area contributed by atoms with E-state index in [-0.39, 0.29) is 5.75 Å². The van der Waals surface area contributed by atoms with Gasteiger partial charge in [0, 0.05) is 11.8 Å². The van der Waals surface area contributed by atoms with Gasteiger partial charge in [-0.3, -0.25) is 0 Å². The van der Waals surface area contributed by atoms with E-state index in [0.29, 0.717) is 5.56 Å². The number of alkyl halides is 2. The van der Waals surface area contributed by atoms with Crippen LogP contribution in [0, 0.1) is 0 Å². The number of hydrogen-bond donors (Lipinski definition) is 1. The Hall–Kier alpha value is -1.76. The van der Waals surface area contributed by atoms with Gasteiger partial charge in [0.25, 0.3) is 0 Å². The standard InChI is InChI=1S/C12H12F2O4S/c1-19(17,18)7-3-5-9-4-2-6-10(8-9)12(13,14)11(15)16/h2-6,8H,7H2,1H3,(H,15,16). The summed E-state index contributed by atoms with van der Waals surface area (Å²) in [5.74, 6) is -6.42. The molecule has 1 rings (SSSR count). The van der Waals surface area contributed by atoms with Gasteiger partial charge in [-0.05, 0) is 11.6 Å². The van der Waals surface area contributed by atoms with Crippen LogP contribution in [-0.4, -0.2) is 31.5 Å². The molecule has 0 bridgehead atoms. The molecule has 0 aliphatic rings. The van der Waals surface area contributed by atoms with Crippen molar-refractivity contribution in [3.05, 3.63) is 41.5 Å². The molecule has 104 valence electrons. The van der Waals surface area contributed by atoms with Gasteiger partial charge in [-0.25, -0.2) is 13.2 Å². The Morgan fingerprint density at radius 2 is 2.05 bits per heavy atom. The maximum atomic E-state index is 13.3. The lowest BCUT2D eigenvalue weighted by atomic mass is 10.1. The van der Waals surface area contributed by atoms with Gasteiger partial charge in [0.05, 0.1) is 5.75 Å². The highest BCUT2D eigenvalue weighted by molar-refractivity contribution is 7.90. The molecule has 19 heavy (non-hydrogen) atoms. The molecule has 0 radical (unpaired) electrons. The molecule has 7 heteroatoms. The van der Waals surface area contributed by atoms with Crippen LogP contribution in [-0.2, 0) is 20.6 Å². The zero-order chi connectivity index (χ0) is 14.7. The van der Waals surface area contributed by atoms with E-state index in [0.717, 1.165) is 18.4 Å². The van der Waals surface area contributed by atoms with E-state index in [1.165, 1.54) is 24.3 Å². The molecule has 0 saturated heterocycles. The fourth-order valence-corrected chi connectivity index (χ4v) is 1.77. The third-order valence-electron chi connectivity index (χ3n) is 2.23. The van der Waals surface area contributed by atoms with E-state index in [4.69, 9.17) is 5.11 Å². The van der Waals surface area contributed by atoms with Crippen molar-refractivity contribution >= 4 is 21.9 Å². The lowest BCUT2D eigenvalue weighted by Crippen LogP contribution is -2.25. The zero-order valence-corrected chi connectivity index (χ0v) is 10.8. The van der Waals surface area contributed by atoms with Crippen LogP contribution in [0.15, 0.2) is 30.3 Å². The Morgan fingerprint density at radius 3 is 2.58 bits per heavy atom. The minimum absolute atomic E-state index is 0.216. The summed E-state index contributed by atoms with van der Waals surface area (Å²) in [5, 5.41) is 8.42. The van der Waals surface area contributed by atoms with Crippen LogP contribution in [0.1, 0.15) is 11.1 Å². The zero-order valence-electron chi connectivity index (χ0n) is 10.0. The Labute approximate surface area is 109 Å². The van der Waals surface area contributed by atoms with E-state index in [2.05, 4.69) is 0 Å². The number of carboxylic acid groups (broad SMARTS) is 1. The molecule has 1 aromatic carbocycles. The maximum absolute atomic E-state index is 13.3. The number of hydrogen-bond acceptors (Lipinski definition) is 3. The molecule has 0 atom stereocenters. The van der Waals surface area contributed by atoms with E-state index in [1.807, 2.05) is 0 Å². The Balaban J connectivity index is 2.99. The molecule has 1 aromatic rings. The van der Waals surface area contributed by atoms with Crippen molar-refractivity contribution in [3.8, 4) is 0 Å². The smallest absolute Gasteiger partial charge is 0.379 e. The number of carboxylic acids is 1. The molecule has 4 nitrogen and oxygen atoms in total. The van der Waals surface area contributed by atoms with Gasteiger partial charge < -0.3 is 5.11 Å². The molecular formula is C12H12F2O4S. The predicted octanol–water partition coefficient (Wildman–Crippen LogP) is 1.92. The maximum Gasteiger partial charge on any atom is 0.379 e. The topological polar surface area (TPSA) is 71.4 Å². The first-order valence-corrected chi connectivity index (χ1v) is 7.25. The van der Waals surface area contributed by atoms with Gasteiger partial charge in [0.15, 0.2) is 9.84 Å². The highest BCUT2D eigenvalue weighted by Gasteiger charge is 2.40. The van der Waals surface area contributed by atoms with Crippen LogP contribution in [0.2, 0.25) is 0 Å². The summed E-state index contributed by atoms with van der Waals surface area (Å²) in [6.45, 7) is 0. The lowest BCUT2D eigenvalue weighted by molar-refractivity contribution is -0.166. The van der Waals surface area contributed by atoms with Crippen molar-refractivity contribution in [2.24, 2.45) is 0 Å². The van der Waals surface area contributed by atoms with Gasteiger partial charge in [0.1, 0.15) is 0 Å². The molecule has 0 spiro atoms. The summed E-state index contributed by atoms with van der Waals surface area (Å²) < 4.78 is 48.3. The average Bonchev–Trinajstić information content (AvgIpc) is 2.27.